The Hall–Kier alpha value is -2.16. The van der Waals surface area contributed by atoms with Crippen molar-refractivity contribution in [1.82, 2.24) is 0 Å². The first-order valence-corrected chi connectivity index (χ1v) is 7.20. The average Bonchev–Trinajstić information content (AvgIpc) is 2.44. The molecule has 108 valence electrons. The molecule has 1 aliphatic heterocycles. The zero-order chi connectivity index (χ0) is 15.0. The van der Waals surface area contributed by atoms with Crippen molar-refractivity contribution in [1.29, 1.82) is 0 Å². The highest BCUT2D eigenvalue weighted by Crippen LogP contribution is 2.34. The van der Waals surface area contributed by atoms with Gasteiger partial charge >= 0.3 is 0 Å². The SMILES string of the molecule is CC(=O)N1Cc2ccccc2C(C)Cc2cc(F)ccc21. The van der Waals surface area contributed by atoms with Crippen LogP contribution in [0.4, 0.5) is 10.1 Å². The standard InChI is InChI=1S/C18H18FNO/c1-12-9-15-10-16(19)7-8-18(15)20(13(2)21)11-14-5-3-4-6-17(12)14/h3-8,10,12H,9,11H2,1-2H3. The van der Waals surface area contributed by atoms with Gasteiger partial charge in [-0.1, -0.05) is 31.2 Å². The van der Waals surface area contributed by atoms with Crippen molar-refractivity contribution in [3.05, 3.63) is 65.0 Å². The van der Waals surface area contributed by atoms with E-state index in [9.17, 15) is 9.18 Å². The molecule has 0 radical (unpaired) electrons. The molecular formula is C18H18FNO. The molecule has 21 heavy (non-hydrogen) atoms. The number of rotatable bonds is 0. The molecule has 0 bridgehead atoms. The lowest BCUT2D eigenvalue weighted by atomic mass is 9.87. The van der Waals surface area contributed by atoms with Gasteiger partial charge in [-0.2, -0.15) is 0 Å². The largest absolute Gasteiger partial charge is 0.308 e. The molecule has 0 fully saturated rings. The topological polar surface area (TPSA) is 20.3 Å². The highest BCUT2D eigenvalue weighted by Gasteiger charge is 2.23. The first-order valence-electron chi connectivity index (χ1n) is 7.20. The zero-order valence-corrected chi connectivity index (χ0v) is 12.3. The second-order valence-corrected chi connectivity index (χ2v) is 5.68. The summed E-state index contributed by atoms with van der Waals surface area (Å²) in [7, 11) is 0. The number of carbonyl (C=O) groups excluding carboxylic acids is 1. The molecule has 0 spiro atoms. The van der Waals surface area contributed by atoms with Crippen LogP contribution in [-0.4, -0.2) is 5.91 Å². The molecule has 0 saturated heterocycles. The summed E-state index contributed by atoms with van der Waals surface area (Å²) < 4.78 is 13.6. The molecule has 0 N–H and O–H groups in total. The van der Waals surface area contributed by atoms with Crippen molar-refractivity contribution in [2.45, 2.75) is 32.7 Å². The summed E-state index contributed by atoms with van der Waals surface area (Å²) in [4.78, 5) is 13.8. The molecule has 1 unspecified atom stereocenters. The van der Waals surface area contributed by atoms with Crippen LogP contribution in [0.3, 0.4) is 0 Å². The van der Waals surface area contributed by atoms with E-state index in [4.69, 9.17) is 0 Å². The van der Waals surface area contributed by atoms with Gasteiger partial charge in [0.1, 0.15) is 5.82 Å². The number of anilines is 1. The Kier molecular flexibility index (Phi) is 3.50. The van der Waals surface area contributed by atoms with Crippen LogP contribution in [0.2, 0.25) is 0 Å². The second-order valence-electron chi connectivity index (χ2n) is 5.68. The lowest BCUT2D eigenvalue weighted by Crippen LogP contribution is -2.31. The van der Waals surface area contributed by atoms with Crippen LogP contribution in [0.25, 0.3) is 0 Å². The smallest absolute Gasteiger partial charge is 0.224 e. The van der Waals surface area contributed by atoms with Crippen molar-refractivity contribution in [3.63, 3.8) is 0 Å². The van der Waals surface area contributed by atoms with Crippen LogP contribution in [0.5, 0.6) is 0 Å². The van der Waals surface area contributed by atoms with Crippen LogP contribution in [0.1, 0.15) is 36.5 Å². The van der Waals surface area contributed by atoms with E-state index in [2.05, 4.69) is 19.1 Å². The molecule has 1 heterocycles. The van der Waals surface area contributed by atoms with E-state index < -0.39 is 0 Å². The number of fused-ring (bicyclic) bond motifs is 2. The predicted molar refractivity (Wildman–Crippen MR) is 81.8 cm³/mol. The van der Waals surface area contributed by atoms with E-state index in [1.54, 1.807) is 24.0 Å². The normalized spacial score (nSPS) is 17.5. The van der Waals surface area contributed by atoms with Crippen molar-refractivity contribution in [2.75, 3.05) is 4.90 Å². The average molecular weight is 283 g/mol. The molecule has 3 rings (SSSR count). The Balaban J connectivity index is 2.16. The summed E-state index contributed by atoms with van der Waals surface area (Å²) in [5.41, 5.74) is 4.12. The van der Waals surface area contributed by atoms with Crippen LogP contribution >= 0.6 is 0 Å². The molecule has 1 aliphatic rings. The van der Waals surface area contributed by atoms with Gasteiger partial charge in [0.05, 0.1) is 6.54 Å². The molecule has 2 aromatic carbocycles. The molecule has 1 amide bonds. The minimum atomic E-state index is -0.252. The number of hydrogen-bond donors (Lipinski definition) is 0. The first-order chi connectivity index (χ1) is 10.1. The summed E-state index contributed by atoms with van der Waals surface area (Å²) >= 11 is 0. The Morgan fingerprint density at radius 1 is 1.19 bits per heavy atom. The maximum Gasteiger partial charge on any atom is 0.224 e. The molecule has 0 aliphatic carbocycles. The van der Waals surface area contributed by atoms with Crippen LogP contribution in [-0.2, 0) is 17.8 Å². The third-order valence-electron chi connectivity index (χ3n) is 4.15. The first kappa shape index (κ1) is 13.8. The van der Waals surface area contributed by atoms with E-state index in [1.165, 1.54) is 11.6 Å². The van der Waals surface area contributed by atoms with Crippen molar-refractivity contribution < 1.29 is 9.18 Å². The van der Waals surface area contributed by atoms with Gasteiger partial charge in [-0.25, -0.2) is 4.39 Å². The summed E-state index contributed by atoms with van der Waals surface area (Å²) in [6.45, 7) is 4.24. The zero-order valence-electron chi connectivity index (χ0n) is 12.3. The molecular weight excluding hydrogens is 265 g/mol. The minimum absolute atomic E-state index is 0.0211. The summed E-state index contributed by atoms with van der Waals surface area (Å²) in [5.74, 6) is 0.0291. The summed E-state index contributed by atoms with van der Waals surface area (Å²) in [5, 5.41) is 0. The van der Waals surface area contributed by atoms with Gasteiger partial charge in [-0.05, 0) is 47.2 Å². The van der Waals surface area contributed by atoms with Gasteiger partial charge in [0.15, 0.2) is 0 Å². The molecule has 0 saturated carbocycles. The molecule has 3 heteroatoms. The number of nitrogens with zero attached hydrogens (tertiary/aromatic N) is 1. The fourth-order valence-corrected chi connectivity index (χ4v) is 3.12. The highest BCUT2D eigenvalue weighted by atomic mass is 19.1. The van der Waals surface area contributed by atoms with Gasteiger partial charge in [-0.15, -0.1) is 0 Å². The van der Waals surface area contributed by atoms with E-state index in [0.717, 1.165) is 23.2 Å². The lowest BCUT2D eigenvalue weighted by molar-refractivity contribution is -0.116. The third kappa shape index (κ3) is 2.56. The Morgan fingerprint density at radius 2 is 1.95 bits per heavy atom. The van der Waals surface area contributed by atoms with Gasteiger partial charge in [0.2, 0.25) is 5.91 Å². The van der Waals surface area contributed by atoms with Gasteiger partial charge < -0.3 is 4.90 Å². The van der Waals surface area contributed by atoms with E-state index >= 15 is 0 Å². The Labute approximate surface area is 124 Å². The fourth-order valence-electron chi connectivity index (χ4n) is 3.12. The van der Waals surface area contributed by atoms with Gasteiger partial charge in [-0.3, -0.25) is 4.79 Å². The maximum atomic E-state index is 13.6. The van der Waals surface area contributed by atoms with E-state index in [-0.39, 0.29) is 11.7 Å². The van der Waals surface area contributed by atoms with Crippen molar-refractivity contribution >= 4 is 11.6 Å². The Morgan fingerprint density at radius 3 is 2.71 bits per heavy atom. The predicted octanol–water partition coefficient (Wildman–Crippen LogP) is 4.04. The third-order valence-corrected chi connectivity index (χ3v) is 4.15. The van der Waals surface area contributed by atoms with Gasteiger partial charge in [0, 0.05) is 12.6 Å². The van der Waals surface area contributed by atoms with Crippen molar-refractivity contribution in [3.8, 4) is 0 Å². The fraction of sp³-hybridized carbons (Fsp3) is 0.278. The summed E-state index contributed by atoms with van der Waals surface area (Å²) in [6.07, 6.45) is 0.730. The summed E-state index contributed by atoms with van der Waals surface area (Å²) in [6, 6.07) is 12.9. The quantitative estimate of drug-likeness (QED) is 0.714. The molecule has 1 atom stereocenters. The lowest BCUT2D eigenvalue weighted by Gasteiger charge is -2.30. The highest BCUT2D eigenvalue weighted by molar-refractivity contribution is 5.92. The van der Waals surface area contributed by atoms with Crippen LogP contribution < -0.4 is 4.90 Å². The van der Waals surface area contributed by atoms with Crippen molar-refractivity contribution in [2.24, 2.45) is 0 Å². The molecule has 2 aromatic rings. The second kappa shape index (κ2) is 5.32. The van der Waals surface area contributed by atoms with E-state index in [1.807, 2.05) is 12.1 Å². The maximum absolute atomic E-state index is 13.6. The van der Waals surface area contributed by atoms with Crippen LogP contribution in [0, 0.1) is 5.82 Å². The number of amides is 1. The van der Waals surface area contributed by atoms with E-state index in [0.29, 0.717) is 12.5 Å². The molecule has 2 nitrogen and oxygen atoms in total. The molecule has 0 aromatic heterocycles. The number of halogens is 1. The minimum Gasteiger partial charge on any atom is -0.308 e. The number of carbonyl (C=O) groups is 1. The van der Waals surface area contributed by atoms with Gasteiger partial charge in [0.25, 0.3) is 0 Å². The monoisotopic (exact) mass is 283 g/mol. The number of benzene rings is 2. The number of hydrogen-bond acceptors (Lipinski definition) is 1. The Bertz CT molecular complexity index is 695. The van der Waals surface area contributed by atoms with Crippen LogP contribution in [0.15, 0.2) is 42.5 Å².